The SMILES string of the molecule is Cc1nn(-c2ccccc2F)c(C)c1[C@H]1COCCN1Cc1nnc(C2CC2)o1. The van der Waals surface area contributed by atoms with E-state index < -0.39 is 0 Å². The van der Waals surface area contributed by atoms with E-state index in [-0.39, 0.29) is 11.9 Å². The fourth-order valence-electron chi connectivity index (χ4n) is 4.09. The summed E-state index contributed by atoms with van der Waals surface area (Å²) in [5.74, 6) is 1.54. The summed E-state index contributed by atoms with van der Waals surface area (Å²) in [6.45, 7) is 6.47. The van der Waals surface area contributed by atoms with Crippen LogP contribution in [0.1, 0.15) is 53.5 Å². The van der Waals surface area contributed by atoms with Gasteiger partial charge in [0.15, 0.2) is 0 Å². The van der Waals surface area contributed by atoms with Crippen molar-refractivity contribution < 1.29 is 13.5 Å². The summed E-state index contributed by atoms with van der Waals surface area (Å²) < 4.78 is 27.7. The number of morpholine rings is 1. The zero-order valence-electron chi connectivity index (χ0n) is 16.6. The van der Waals surface area contributed by atoms with Crippen LogP contribution < -0.4 is 0 Å². The first-order valence-corrected chi connectivity index (χ1v) is 10.1. The molecule has 1 saturated carbocycles. The Morgan fingerprint density at radius 3 is 2.79 bits per heavy atom. The van der Waals surface area contributed by atoms with Gasteiger partial charge in [0, 0.05) is 23.7 Å². The molecule has 1 atom stereocenters. The number of aryl methyl sites for hydroxylation is 1. The van der Waals surface area contributed by atoms with Crippen molar-refractivity contribution in [3.8, 4) is 5.69 Å². The van der Waals surface area contributed by atoms with Crippen molar-refractivity contribution in [2.24, 2.45) is 0 Å². The first-order valence-electron chi connectivity index (χ1n) is 10.1. The second-order valence-corrected chi connectivity index (χ2v) is 7.82. The van der Waals surface area contributed by atoms with E-state index in [1.165, 1.54) is 6.07 Å². The van der Waals surface area contributed by atoms with E-state index in [0.717, 1.165) is 42.2 Å². The average Bonchev–Trinajstić information content (AvgIpc) is 3.40. The largest absolute Gasteiger partial charge is 0.424 e. The van der Waals surface area contributed by atoms with Crippen LogP contribution in [0, 0.1) is 19.7 Å². The zero-order valence-corrected chi connectivity index (χ0v) is 16.6. The molecule has 0 radical (unpaired) electrons. The van der Waals surface area contributed by atoms with Crippen molar-refractivity contribution in [2.45, 2.75) is 45.2 Å². The van der Waals surface area contributed by atoms with Crippen LogP contribution in [0.15, 0.2) is 28.7 Å². The molecular formula is C21H24FN5O2. The Kier molecular flexibility index (Phi) is 4.67. The molecule has 2 aliphatic rings. The third-order valence-electron chi connectivity index (χ3n) is 5.75. The fraction of sp³-hybridized carbons (Fsp3) is 0.476. The van der Waals surface area contributed by atoms with E-state index in [0.29, 0.717) is 37.3 Å². The lowest BCUT2D eigenvalue weighted by Gasteiger charge is -2.35. The standard InChI is InChI=1S/C21H24FN5O2/c1-13-20(14(2)27(25-13)17-6-4-3-5-16(17)22)18-12-28-10-9-26(18)11-19-23-24-21(29-19)15-7-8-15/h3-6,15,18H,7-12H2,1-2H3/t18-/m1/s1. The molecule has 7 nitrogen and oxygen atoms in total. The first kappa shape index (κ1) is 18.4. The molecule has 1 aliphatic heterocycles. The summed E-state index contributed by atoms with van der Waals surface area (Å²) in [4.78, 5) is 2.29. The summed E-state index contributed by atoms with van der Waals surface area (Å²) in [5, 5.41) is 13.1. The summed E-state index contributed by atoms with van der Waals surface area (Å²) in [7, 11) is 0. The normalized spacial score (nSPS) is 20.3. The van der Waals surface area contributed by atoms with Crippen LogP contribution in [-0.2, 0) is 11.3 Å². The highest BCUT2D eigenvalue weighted by atomic mass is 19.1. The quantitative estimate of drug-likeness (QED) is 0.657. The number of nitrogens with zero attached hydrogens (tertiary/aromatic N) is 5. The highest BCUT2D eigenvalue weighted by Crippen LogP contribution is 2.39. The Labute approximate surface area is 168 Å². The van der Waals surface area contributed by atoms with Crippen molar-refractivity contribution in [2.75, 3.05) is 19.8 Å². The summed E-state index contributed by atoms with van der Waals surface area (Å²) >= 11 is 0. The van der Waals surface area contributed by atoms with Gasteiger partial charge in [-0.2, -0.15) is 5.10 Å². The van der Waals surface area contributed by atoms with Crippen LogP contribution >= 0.6 is 0 Å². The molecular weight excluding hydrogens is 373 g/mol. The third-order valence-corrected chi connectivity index (χ3v) is 5.75. The molecule has 152 valence electrons. The molecule has 0 unspecified atom stereocenters. The van der Waals surface area contributed by atoms with Gasteiger partial charge in [-0.25, -0.2) is 9.07 Å². The minimum atomic E-state index is -0.292. The van der Waals surface area contributed by atoms with Gasteiger partial charge in [0.1, 0.15) is 11.5 Å². The number of rotatable bonds is 5. The van der Waals surface area contributed by atoms with Crippen LogP contribution in [0.2, 0.25) is 0 Å². The number of hydrogen-bond acceptors (Lipinski definition) is 6. The topological polar surface area (TPSA) is 69.2 Å². The Morgan fingerprint density at radius 2 is 2.00 bits per heavy atom. The molecule has 1 saturated heterocycles. The Hall–Kier alpha value is -2.58. The van der Waals surface area contributed by atoms with Gasteiger partial charge >= 0.3 is 0 Å². The molecule has 5 rings (SSSR count). The van der Waals surface area contributed by atoms with Gasteiger partial charge in [-0.05, 0) is 38.8 Å². The molecule has 0 bridgehead atoms. The Morgan fingerprint density at radius 1 is 1.17 bits per heavy atom. The number of aromatic nitrogens is 4. The molecule has 3 aromatic rings. The van der Waals surface area contributed by atoms with E-state index in [4.69, 9.17) is 9.15 Å². The number of benzene rings is 1. The van der Waals surface area contributed by atoms with E-state index in [1.807, 2.05) is 19.9 Å². The van der Waals surface area contributed by atoms with Crippen LogP contribution in [0.25, 0.3) is 5.69 Å². The average molecular weight is 397 g/mol. The molecule has 1 aromatic carbocycles. The second-order valence-electron chi connectivity index (χ2n) is 7.82. The predicted molar refractivity (Wildman–Crippen MR) is 103 cm³/mol. The lowest BCUT2D eigenvalue weighted by atomic mass is 10.0. The minimum absolute atomic E-state index is 0.000508. The minimum Gasteiger partial charge on any atom is -0.424 e. The monoisotopic (exact) mass is 397 g/mol. The van der Waals surface area contributed by atoms with Gasteiger partial charge in [-0.3, -0.25) is 4.90 Å². The van der Waals surface area contributed by atoms with Crippen molar-refractivity contribution in [1.29, 1.82) is 0 Å². The zero-order chi connectivity index (χ0) is 20.0. The molecule has 0 spiro atoms. The van der Waals surface area contributed by atoms with Crippen molar-refractivity contribution in [1.82, 2.24) is 24.9 Å². The Balaban J connectivity index is 1.45. The van der Waals surface area contributed by atoms with E-state index in [1.54, 1.807) is 16.8 Å². The molecule has 8 heteroatoms. The highest BCUT2D eigenvalue weighted by molar-refractivity contribution is 5.39. The number of hydrogen-bond donors (Lipinski definition) is 0. The first-order chi connectivity index (χ1) is 14.1. The summed E-state index contributed by atoms with van der Waals surface area (Å²) in [6.07, 6.45) is 2.27. The smallest absolute Gasteiger partial charge is 0.230 e. The van der Waals surface area contributed by atoms with Crippen LogP contribution in [0.3, 0.4) is 0 Å². The molecule has 3 heterocycles. The maximum atomic E-state index is 14.4. The van der Waals surface area contributed by atoms with Crippen LogP contribution in [-0.4, -0.2) is 44.6 Å². The van der Waals surface area contributed by atoms with Gasteiger partial charge in [0.05, 0.1) is 31.5 Å². The summed E-state index contributed by atoms with van der Waals surface area (Å²) in [6, 6.07) is 6.70. The van der Waals surface area contributed by atoms with Crippen LogP contribution in [0.4, 0.5) is 4.39 Å². The molecule has 2 fully saturated rings. The van der Waals surface area contributed by atoms with Crippen molar-refractivity contribution in [3.63, 3.8) is 0 Å². The number of para-hydroxylation sites is 1. The van der Waals surface area contributed by atoms with E-state index in [2.05, 4.69) is 20.2 Å². The van der Waals surface area contributed by atoms with Crippen molar-refractivity contribution >= 4 is 0 Å². The lowest BCUT2D eigenvalue weighted by molar-refractivity contribution is -0.0167. The molecule has 1 aliphatic carbocycles. The molecule has 2 aromatic heterocycles. The third kappa shape index (κ3) is 3.47. The molecule has 0 amide bonds. The van der Waals surface area contributed by atoms with E-state index >= 15 is 0 Å². The highest BCUT2D eigenvalue weighted by Gasteiger charge is 2.33. The van der Waals surface area contributed by atoms with Gasteiger partial charge in [0.2, 0.25) is 11.8 Å². The number of halogens is 1. The van der Waals surface area contributed by atoms with E-state index in [9.17, 15) is 4.39 Å². The number of ether oxygens (including phenoxy) is 1. The maximum absolute atomic E-state index is 14.4. The van der Waals surface area contributed by atoms with Crippen LogP contribution in [0.5, 0.6) is 0 Å². The van der Waals surface area contributed by atoms with Gasteiger partial charge in [-0.1, -0.05) is 12.1 Å². The molecule has 29 heavy (non-hydrogen) atoms. The van der Waals surface area contributed by atoms with Gasteiger partial charge < -0.3 is 9.15 Å². The molecule has 0 N–H and O–H groups in total. The maximum Gasteiger partial charge on any atom is 0.230 e. The second kappa shape index (κ2) is 7.35. The van der Waals surface area contributed by atoms with Gasteiger partial charge in [-0.15, -0.1) is 10.2 Å². The summed E-state index contributed by atoms with van der Waals surface area (Å²) in [5.41, 5.74) is 3.30. The fourth-order valence-corrected chi connectivity index (χ4v) is 4.09. The Bertz CT molecular complexity index is 1030. The predicted octanol–water partition coefficient (Wildman–Crippen LogP) is 3.46. The van der Waals surface area contributed by atoms with Gasteiger partial charge in [0.25, 0.3) is 0 Å². The lowest BCUT2D eigenvalue weighted by Crippen LogP contribution is -2.39. The van der Waals surface area contributed by atoms with Crippen molar-refractivity contribution in [3.05, 3.63) is 58.8 Å².